The maximum absolute atomic E-state index is 13.9. The molecule has 214 valence electrons. The molecule has 3 aliphatic heterocycles. The van der Waals surface area contributed by atoms with Gasteiger partial charge in [-0.15, -0.1) is 0 Å². The van der Waals surface area contributed by atoms with Crippen molar-refractivity contribution in [3.8, 4) is 17.2 Å². The minimum Gasteiger partial charge on any atom is -0.497 e. The standard InChI is InChI=1S/C29H37N5O6/c1-3-9-30-29(36)33(11-10-32-12-14-38-15-13-32)19-28(35)34-25(22-7-8-26-27(17-22)40-20-39-26)18-24(31-34)21-5-4-6-23(16-21)37-2/h4-8,16-17,25H,3,9-15,18-20H2,1-2H3,(H,30,36). The Hall–Kier alpha value is -3.83. The monoisotopic (exact) mass is 551 g/mol. The molecular weight excluding hydrogens is 514 g/mol. The van der Waals surface area contributed by atoms with E-state index in [-0.39, 0.29) is 31.3 Å². The van der Waals surface area contributed by atoms with Crippen LogP contribution in [0.25, 0.3) is 0 Å². The van der Waals surface area contributed by atoms with Gasteiger partial charge in [-0.05, 0) is 36.2 Å². The normalized spacial score (nSPS) is 18.4. The van der Waals surface area contributed by atoms with Crippen LogP contribution in [0, 0.1) is 0 Å². The van der Waals surface area contributed by atoms with E-state index in [0.29, 0.717) is 56.5 Å². The number of amides is 3. The molecule has 11 heteroatoms. The summed E-state index contributed by atoms with van der Waals surface area (Å²) < 4.78 is 21.9. The third-order valence-electron chi connectivity index (χ3n) is 7.28. The van der Waals surface area contributed by atoms with Gasteiger partial charge in [-0.1, -0.05) is 25.1 Å². The number of fused-ring (bicyclic) bond motifs is 1. The van der Waals surface area contributed by atoms with Crippen molar-refractivity contribution in [1.29, 1.82) is 0 Å². The van der Waals surface area contributed by atoms with Gasteiger partial charge in [0.15, 0.2) is 11.5 Å². The van der Waals surface area contributed by atoms with E-state index in [1.807, 2.05) is 49.4 Å². The molecule has 5 rings (SSSR count). The average Bonchev–Trinajstić information content (AvgIpc) is 3.66. The zero-order valence-electron chi connectivity index (χ0n) is 23.1. The highest BCUT2D eigenvalue weighted by Crippen LogP contribution is 2.39. The van der Waals surface area contributed by atoms with Crippen LogP contribution in [0.2, 0.25) is 0 Å². The predicted molar refractivity (Wildman–Crippen MR) is 149 cm³/mol. The number of nitrogens with zero attached hydrogens (tertiary/aromatic N) is 4. The number of hydrazone groups is 1. The van der Waals surface area contributed by atoms with Crippen LogP contribution in [0.5, 0.6) is 17.2 Å². The van der Waals surface area contributed by atoms with E-state index in [2.05, 4.69) is 10.2 Å². The lowest BCUT2D eigenvalue weighted by atomic mass is 9.98. The lowest BCUT2D eigenvalue weighted by molar-refractivity contribution is -0.133. The molecule has 1 saturated heterocycles. The summed E-state index contributed by atoms with van der Waals surface area (Å²) in [7, 11) is 1.62. The zero-order chi connectivity index (χ0) is 27.9. The Balaban J connectivity index is 1.38. The van der Waals surface area contributed by atoms with Gasteiger partial charge < -0.3 is 29.2 Å². The van der Waals surface area contributed by atoms with E-state index < -0.39 is 0 Å². The van der Waals surface area contributed by atoms with E-state index in [1.54, 1.807) is 12.0 Å². The third kappa shape index (κ3) is 6.48. The number of morpholine rings is 1. The SMILES string of the molecule is CCCNC(=O)N(CCN1CCOCC1)CC(=O)N1N=C(c2cccc(OC)c2)CC1c1ccc2c(c1)OCO2. The minimum atomic E-state index is -0.358. The van der Waals surface area contributed by atoms with Gasteiger partial charge in [-0.2, -0.15) is 5.10 Å². The Kier molecular flexibility index (Phi) is 9.02. The molecule has 1 N–H and O–H groups in total. The molecule has 3 amide bonds. The van der Waals surface area contributed by atoms with Crippen molar-refractivity contribution in [2.45, 2.75) is 25.8 Å². The summed E-state index contributed by atoms with van der Waals surface area (Å²) in [6.07, 6.45) is 1.32. The topological polar surface area (TPSA) is 105 Å². The van der Waals surface area contributed by atoms with Crippen LogP contribution in [0.15, 0.2) is 47.6 Å². The number of ether oxygens (including phenoxy) is 4. The van der Waals surface area contributed by atoms with Gasteiger partial charge in [-0.25, -0.2) is 9.80 Å². The second-order valence-corrected chi connectivity index (χ2v) is 9.96. The Morgan fingerprint density at radius 3 is 2.75 bits per heavy atom. The highest BCUT2D eigenvalue weighted by atomic mass is 16.7. The van der Waals surface area contributed by atoms with E-state index in [4.69, 9.17) is 24.0 Å². The minimum absolute atomic E-state index is 0.0875. The van der Waals surface area contributed by atoms with Gasteiger partial charge in [0, 0.05) is 44.7 Å². The average molecular weight is 552 g/mol. The molecule has 3 aliphatic rings. The summed E-state index contributed by atoms with van der Waals surface area (Å²) in [5.74, 6) is 1.78. The number of methoxy groups -OCH3 is 1. The molecule has 40 heavy (non-hydrogen) atoms. The Labute approximate surface area is 234 Å². The first-order chi connectivity index (χ1) is 19.6. The predicted octanol–water partition coefficient (Wildman–Crippen LogP) is 2.86. The zero-order valence-corrected chi connectivity index (χ0v) is 23.1. The van der Waals surface area contributed by atoms with Crippen molar-refractivity contribution in [2.24, 2.45) is 5.10 Å². The summed E-state index contributed by atoms with van der Waals surface area (Å²) in [5.41, 5.74) is 2.53. The highest BCUT2D eigenvalue weighted by Gasteiger charge is 2.35. The fourth-order valence-corrected chi connectivity index (χ4v) is 5.02. The van der Waals surface area contributed by atoms with Gasteiger partial charge in [-0.3, -0.25) is 9.69 Å². The van der Waals surface area contributed by atoms with E-state index in [0.717, 1.165) is 36.3 Å². The number of benzene rings is 2. The molecular formula is C29H37N5O6. The van der Waals surface area contributed by atoms with Crippen LogP contribution in [0.3, 0.4) is 0 Å². The second kappa shape index (κ2) is 13.0. The fraction of sp³-hybridized carbons (Fsp3) is 0.483. The van der Waals surface area contributed by atoms with Gasteiger partial charge >= 0.3 is 6.03 Å². The molecule has 0 bridgehead atoms. The van der Waals surface area contributed by atoms with Gasteiger partial charge in [0.1, 0.15) is 12.3 Å². The van der Waals surface area contributed by atoms with E-state index in [9.17, 15) is 9.59 Å². The Morgan fingerprint density at radius 1 is 1.12 bits per heavy atom. The summed E-state index contributed by atoms with van der Waals surface area (Å²) in [6, 6.07) is 12.7. The number of carbonyl (C=O) groups excluding carboxylic acids is 2. The third-order valence-corrected chi connectivity index (χ3v) is 7.28. The summed E-state index contributed by atoms with van der Waals surface area (Å²) in [5, 5.41) is 9.24. The Bertz CT molecular complexity index is 1230. The van der Waals surface area contributed by atoms with Crippen LogP contribution in [-0.2, 0) is 9.53 Å². The number of hydrogen-bond acceptors (Lipinski definition) is 8. The van der Waals surface area contributed by atoms with Crippen molar-refractivity contribution in [3.05, 3.63) is 53.6 Å². The van der Waals surface area contributed by atoms with Gasteiger partial charge in [0.25, 0.3) is 5.91 Å². The second-order valence-electron chi connectivity index (χ2n) is 9.96. The Morgan fingerprint density at radius 2 is 1.95 bits per heavy atom. The maximum Gasteiger partial charge on any atom is 0.317 e. The first kappa shape index (κ1) is 27.7. The smallest absolute Gasteiger partial charge is 0.317 e. The molecule has 2 aromatic carbocycles. The number of hydrogen-bond donors (Lipinski definition) is 1. The quantitative estimate of drug-likeness (QED) is 0.484. The number of carbonyl (C=O) groups is 2. The lowest BCUT2D eigenvalue weighted by Crippen LogP contribution is -2.49. The summed E-state index contributed by atoms with van der Waals surface area (Å²) in [6.45, 7) is 6.69. The number of nitrogens with one attached hydrogen (secondary N) is 1. The van der Waals surface area contributed by atoms with Crippen LogP contribution in [-0.4, -0.2) is 98.8 Å². The first-order valence-corrected chi connectivity index (χ1v) is 13.8. The number of rotatable bonds is 10. The molecule has 3 heterocycles. The molecule has 0 aliphatic carbocycles. The van der Waals surface area contributed by atoms with E-state index in [1.165, 1.54) is 5.01 Å². The number of urea groups is 1. The maximum atomic E-state index is 13.9. The molecule has 0 radical (unpaired) electrons. The van der Waals surface area contributed by atoms with Crippen LogP contribution >= 0.6 is 0 Å². The molecule has 0 aromatic heterocycles. The molecule has 2 aromatic rings. The molecule has 1 atom stereocenters. The van der Waals surface area contributed by atoms with E-state index >= 15 is 0 Å². The summed E-state index contributed by atoms with van der Waals surface area (Å²) in [4.78, 5) is 30.8. The largest absolute Gasteiger partial charge is 0.497 e. The van der Waals surface area contributed by atoms with Crippen molar-refractivity contribution in [2.75, 3.05) is 66.4 Å². The van der Waals surface area contributed by atoms with Gasteiger partial charge in [0.2, 0.25) is 6.79 Å². The van der Waals surface area contributed by atoms with Gasteiger partial charge in [0.05, 0.1) is 32.1 Å². The van der Waals surface area contributed by atoms with Crippen LogP contribution in [0.4, 0.5) is 4.79 Å². The van der Waals surface area contributed by atoms with Crippen molar-refractivity contribution >= 4 is 17.6 Å². The van der Waals surface area contributed by atoms with Crippen molar-refractivity contribution in [3.63, 3.8) is 0 Å². The molecule has 0 spiro atoms. The summed E-state index contributed by atoms with van der Waals surface area (Å²) >= 11 is 0. The molecule has 1 unspecified atom stereocenters. The molecule has 1 fully saturated rings. The first-order valence-electron chi connectivity index (χ1n) is 13.8. The molecule has 11 nitrogen and oxygen atoms in total. The van der Waals surface area contributed by atoms with Crippen LogP contribution < -0.4 is 19.5 Å². The molecule has 0 saturated carbocycles. The highest BCUT2D eigenvalue weighted by molar-refractivity contribution is 6.03. The lowest BCUT2D eigenvalue weighted by Gasteiger charge is -2.31. The van der Waals surface area contributed by atoms with Crippen molar-refractivity contribution < 1.29 is 28.5 Å². The van der Waals surface area contributed by atoms with Crippen LogP contribution in [0.1, 0.15) is 36.9 Å². The fourth-order valence-electron chi connectivity index (χ4n) is 5.02. The van der Waals surface area contributed by atoms with Crippen molar-refractivity contribution in [1.82, 2.24) is 20.1 Å².